The van der Waals surface area contributed by atoms with Gasteiger partial charge in [-0.05, 0) is 34.4 Å². The summed E-state index contributed by atoms with van der Waals surface area (Å²) in [6.07, 6.45) is 4.15. The molecule has 1 N–H and O–H groups in total. The highest BCUT2D eigenvalue weighted by Crippen LogP contribution is 2.33. The van der Waals surface area contributed by atoms with E-state index < -0.39 is 6.92 Å². The Kier molecular flexibility index (Phi) is 3.75. The molecular weight excluding hydrogens is 271 g/mol. The van der Waals surface area contributed by atoms with Gasteiger partial charge in [-0.3, -0.25) is 4.79 Å². The molecule has 0 aromatic heterocycles. The van der Waals surface area contributed by atoms with E-state index in [9.17, 15) is 9.82 Å². The number of hydrogen-bond donors (Lipinski definition) is 1. The molecule has 3 heteroatoms. The topological polar surface area (TPSA) is 37.3 Å². The summed E-state index contributed by atoms with van der Waals surface area (Å²) in [4.78, 5) is 12.1. The molecule has 0 bridgehead atoms. The lowest BCUT2D eigenvalue weighted by Gasteiger charge is -2.19. The first-order valence-electron chi connectivity index (χ1n) is 7.57. The predicted molar refractivity (Wildman–Crippen MR) is 91.7 cm³/mol. The molecule has 0 saturated carbocycles. The van der Waals surface area contributed by atoms with Crippen LogP contribution in [0.25, 0.3) is 6.08 Å². The van der Waals surface area contributed by atoms with Gasteiger partial charge in [0.05, 0.1) is 0 Å². The minimum atomic E-state index is -0.414. The molecule has 2 aromatic rings. The van der Waals surface area contributed by atoms with Crippen molar-refractivity contribution < 1.29 is 9.82 Å². The molecule has 3 rings (SSSR count). The minimum Gasteiger partial charge on any atom is -0.446 e. The predicted octanol–water partition coefficient (Wildman–Crippen LogP) is 3.06. The second-order valence-corrected chi connectivity index (χ2v) is 6.51. The number of benzene rings is 2. The average Bonchev–Trinajstić information content (AvgIpc) is 2.75. The van der Waals surface area contributed by atoms with Crippen molar-refractivity contribution in [2.24, 2.45) is 0 Å². The second kappa shape index (κ2) is 5.58. The highest BCUT2D eigenvalue weighted by atomic mass is 16.2. The van der Waals surface area contributed by atoms with E-state index >= 15 is 0 Å². The van der Waals surface area contributed by atoms with Crippen LogP contribution >= 0.6 is 0 Å². The zero-order valence-corrected chi connectivity index (χ0v) is 12.9. The van der Waals surface area contributed by atoms with Crippen molar-refractivity contribution in [3.63, 3.8) is 0 Å². The number of allylic oxidation sites excluding steroid dienone is 1. The van der Waals surface area contributed by atoms with Crippen LogP contribution < -0.4 is 5.46 Å². The van der Waals surface area contributed by atoms with Crippen LogP contribution in [0.15, 0.2) is 54.6 Å². The van der Waals surface area contributed by atoms with Gasteiger partial charge >= 0.3 is 6.92 Å². The number of carbonyl (C=O) groups excluding carboxylic acids is 1. The second-order valence-electron chi connectivity index (χ2n) is 6.51. The highest BCUT2D eigenvalue weighted by Gasteiger charge is 2.38. The molecule has 0 saturated heterocycles. The van der Waals surface area contributed by atoms with Crippen molar-refractivity contribution in [2.45, 2.75) is 25.6 Å². The highest BCUT2D eigenvalue weighted by molar-refractivity contribution is 6.68. The van der Waals surface area contributed by atoms with Crippen molar-refractivity contribution >= 4 is 24.2 Å². The molecule has 0 aliphatic carbocycles. The Morgan fingerprint density at radius 3 is 2.64 bits per heavy atom. The van der Waals surface area contributed by atoms with Crippen molar-refractivity contribution in [3.05, 3.63) is 71.3 Å². The third-order valence-corrected chi connectivity index (χ3v) is 4.35. The van der Waals surface area contributed by atoms with E-state index in [1.54, 1.807) is 6.08 Å². The molecule has 1 aliphatic rings. The van der Waals surface area contributed by atoms with E-state index in [0.29, 0.717) is 5.56 Å². The van der Waals surface area contributed by atoms with Gasteiger partial charge in [0, 0.05) is 5.56 Å². The van der Waals surface area contributed by atoms with Crippen molar-refractivity contribution in [1.82, 2.24) is 0 Å². The molecule has 0 amide bonds. The Balaban J connectivity index is 1.84. The molecular formula is C19H19BO2. The van der Waals surface area contributed by atoms with Gasteiger partial charge in [-0.1, -0.05) is 68.5 Å². The SMILES string of the molecule is CC1(C)CB(O)c2cc(/C=C/C(=O)c3ccccc3)ccc21. The molecule has 1 aliphatic heterocycles. The molecule has 110 valence electrons. The first kappa shape index (κ1) is 14.8. The largest absolute Gasteiger partial charge is 0.446 e. The monoisotopic (exact) mass is 290 g/mol. The van der Waals surface area contributed by atoms with E-state index in [4.69, 9.17) is 0 Å². The van der Waals surface area contributed by atoms with Gasteiger partial charge in [0.1, 0.15) is 0 Å². The van der Waals surface area contributed by atoms with Crippen molar-refractivity contribution in [1.29, 1.82) is 0 Å². The number of ketones is 1. The van der Waals surface area contributed by atoms with E-state index in [1.165, 1.54) is 5.56 Å². The number of carbonyl (C=O) groups is 1. The van der Waals surface area contributed by atoms with Crippen LogP contribution in [-0.4, -0.2) is 17.7 Å². The van der Waals surface area contributed by atoms with E-state index in [1.807, 2.05) is 48.5 Å². The summed E-state index contributed by atoms with van der Waals surface area (Å²) < 4.78 is 0. The first-order valence-corrected chi connectivity index (χ1v) is 7.57. The van der Waals surface area contributed by atoms with Crippen LogP contribution in [0.5, 0.6) is 0 Å². The lowest BCUT2D eigenvalue weighted by molar-refractivity contribution is 0.104. The Hall–Kier alpha value is -2.13. The average molecular weight is 290 g/mol. The quantitative estimate of drug-likeness (QED) is 0.536. The lowest BCUT2D eigenvalue weighted by Crippen LogP contribution is -2.26. The fourth-order valence-corrected chi connectivity index (χ4v) is 3.15. The summed E-state index contributed by atoms with van der Waals surface area (Å²) >= 11 is 0. The zero-order valence-electron chi connectivity index (χ0n) is 12.9. The maximum Gasteiger partial charge on any atom is 0.324 e. The molecule has 22 heavy (non-hydrogen) atoms. The van der Waals surface area contributed by atoms with Crippen LogP contribution in [0.3, 0.4) is 0 Å². The summed E-state index contributed by atoms with van der Waals surface area (Å²) in [5.74, 6) is -0.0121. The number of rotatable bonds is 3. The van der Waals surface area contributed by atoms with E-state index in [-0.39, 0.29) is 11.2 Å². The lowest BCUT2D eigenvalue weighted by atomic mass is 9.61. The van der Waals surface area contributed by atoms with Crippen molar-refractivity contribution in [2.75, 3.05) is 0 Å². The maximum atomic E-state index is 12.1. The molecule has 2 aromatic carbocycles. The summed E-state index contributed by atoms with van der Waals surface area (Å²) in [7, 11) is 0. The third-order valence-electron chi connectivity index (χ3n) is 4.35. The molecule has 0 atom stereocenters. The zero-order chi connectivity index (χ0) is 15.7. The van der Waals surface area contributed by atoms with Gasteiger partial charge in [0.25, 0.3) is 0 Å². The Morgan fingerprint density at radius 2 is 1.91 bits per heavy atom. The smallest absolute Gasteiger partial charge is 0.324 e. The summed E-state index contributed by atoms with van der Waals surface area (Å²) in [6, 6.07) is 15.3. The molecule has 2 nitrogen and oxygen atoms in total. The normalized spacial score (nSPS) is 16.0. The Morgan fingerprint density at radius 1 is 1.18 bits per heavy atom. The summed E-state index contributed by atoms with van der Waals surface area (Å²) in [5.41, 5.74) is 3.82. The van der Waals surface area contributed by atoms with Gasteiger partial charge < -0.3 is 5.02 Å². The number of fused-ring (bicyclic) bond motifs is 1. The van der Waals surface area contributed by atoms with E-state index in [2.05, 4.69) is 19.9 Å². The third kappa shape index (κ3) is 2.77. The van der Waals surface area contributed by atoms with Crippen LogP contribution in [0, 0.1) is 0 Å². The van der Waals surface area contributed by atoms with Gasteiger partial charge in [-0.15, -0.1) is 0 Å². The van der Waals surface area contributed by atoms with Crippen LogP contribution in [0.1, 0.15) is 35.3 Å². The fraction of sp³-hybridized carbons (Fsp3) is 0.211. The van der Waals surface area contributed by atoms with Gasteiger partial charge in [0.2, 0.25) is 0 Å². The minimum absolute atomic E-state index is 0.0108. The van der Waals surface area contributed by atoms with E-state index in [0.717, 1.165) is 17.3 Å². The molecule has 0 radical (unpaired) electrons. The standard InChI is InChI=1S/C19H19BO2/c1-19(2)13-20(22)17-12-14(8-10-16(17)19)9-11-18(21)15-6-4-3-5-7-15/h3-12,22H,13H2,1-2H3/b11-9+. The van der Waals surface area contributed by atoms with Gasteiger partial charge in [-0.25, -0.2) is 0 Å². The summed E-state index contributed by atoms with van der Waals surface area (Å²) in [6.45, 7) is 3.88. The fourth-order valence-electron chi connectivity index (χ4n) is 3.15. The summed E-state index contributed by atoms with van der Waals surface area (Å²) in [5, 5.41) is 10.2. The number of hydrogen-bond acceptors (Lipinski definition) is 2. The Bertz CT molecular complexity index is 732. The molecule has 0 fully saturated rings. The first-order chi connectivity index (χ1) is 10.5. The van der Waals surface area contributed by atoms with Gasteiger partial charge in [0.15, 0.2) is 5.78 Å². The Labute approximate surface area is 131 Å². The maximum absolute atomic E-state index is 12.1. The van der Waals surface area contributed by atoms with Crippen molar-refractivity contribution in [3.8, 4) is 0 Å². The molecule has 0 unspecified atom stereocenters. The van der Waals surface area contributed by atoms with Gasteiger partial charge in [-0.2, -0.15) is 0 Å². The van der Waals surface area contributed by atoms with Crippen LogP contribution in [-0.2, 0) is 5.41 Å². The molecule has 0 spiro atoms. The molecule has 1 heterocycles. The van der Waals surface area contributed by atoms with Crippen LogP contribution in [0.2, 0.25) is 6.32 Å². The van der Waals surface area contributed by atoms with Crippen LogP contribution in [0.4, 0.5) is 0 Å².